The summed E-state index contributed by atoms with van der Waals surface area (Å²) in [5, 5.41) is 4.20. The Bertz CT molecular complexity index is 586. The van der Waals surface area contributed by atoms with E-state index < -0.39 is 0 Å². The summed E-state index contributed by atoms with van der Waals surface area (Å²) in [4.78, 5) is 4.50. The number of aromatic nitrogens is 1. The standard InChI is InChI=1S/C16H19ClN2O/c1-11-7-16(20-3)9-15(19-11)10-18-12(2)13-5-4-6-14(17)8-13/h4-9,12,18H,10H2,1-3H3/t12-/m0/s1. The first-order chi connectivity index (χ1) is 9.58. The number of nitrogens with one attached hydrogen (secondary N) is 1. The van der Waals surface area contributed by atoms with Crippen LogP contribution in [-0.2, 0) is 6.54 Å². The molecular formula is C16H19ClN2O. The van der Waals surface area contributed by atoms with Gasteiger partial charge in [-0.05, 0) is 31.5 Å². The normalized spacial score (nSPS) is 12.2. The van der Waals surface area contributed by atoms with Gasteiger partial charge in [-0.1, -0.05) is 23.7 Å². The fraction of sp³-hybridized carbons (Fsp3) is 0.312. The lowest BCUT2D eigenvalue weighted by atomic mass is 10.1. The molecule has 0 radical (unpaired) electrons. The number of methoxy groups -OCH3 is 1. The van der Waals surface area contributed by atoms with E-state index in [-0.39, 0.29) is 6.04 Å². The zero-order valence-electron chi connectivity index (χ0n) is 12.0. The lowest BCUT2D eigenvalue weighted by Gasteiger charge is -2.15. The van der Waals surface area contributed by atoms with Crippen LogP contribution < -0.4 is 10.1 Å². The number of pyridine rings is 1. The predicted molar refractivity (Wildman–Crippen MR) is 82.2 cm³/mol. The van der Waals surface area contributed by atoms with Crippen molar-refractivity contribution in [3.63, 3.8) is 0 Å². The van der Waals surface area contributed by atoms with E-state index in [4.69, 9.17) is 16.3 Å². The van der Waals surface area contributed by atoms with Gasteiger partial charge in [0.05, 0.1) is 12.8 Å². The molecule has 0 fully saturated rings. The van der Waals surface area contributed by atoms with Gasteiger partial charge in [-0.2, -0.15) is 0 Å². The minimum absolute atomic E-state index is 0.210. The van der Waals surface area contributed by atoms with Gasteiger partial charge < -0.3 is 10.1 Å². The fourth-order valence-electron chi connectivity index (χ4n) is 2.06. The number of benzene rings is 1. The molecule has 2 aromatic rings. The number of hydrogen-bond donors (Lipinski definition) is 1. The first kappa shape index (κ1) is 14.8. The number of nitrogens with zero attached hydrogens (tertiary/aromatic N) is 1. The van der Waals surface area contributed by atoms with Gasteiger partial charge in [0, 0.05) is 35.4 Å². The first-order valence-corrected chi connectivity index (χ1v) is 6.96. The molecule has 1 aromatic heterocycles. The van der Waals surface area contributed by atoms with Crippen molar-refractivity contribution in [2.45, 2.75) is 26.4 Å². The fourth-order valence-corrected chi connectivity index (χ4v) is 2.26. The van der Waals surface area contributed by atoms with Crippen LogP contribution in [0.3, 0.4) is 0 Å². The van der Waals surface area contributed by atoms with E-state index in [2.05, 4.69) is 23.3 Å². The Balaban J connectivity index is 2.03. The number of aryl methyl sites for hydroxylation is 1. The summed E-state index contributed by atoms with van der Waals surface area (Å²) in [7, 11) is 1.67. The van der Waals surface area contributed by atoms with E-state index in [1.165, 1.54) is 0 Å². The van der Waals surface area contributed by atoms with Gasteiger partial charge >= 0.3 is 0 Å². The van der Waals surface area contributed by atoms with E-state index in [0.29, 0.717) is 6.54 Å². The molecule has 3 nitrogen and oxygen atoms in total. The summed E-state index contributed by atoms with van der Waals surface area (Å²) >= 11 is 6.01. The third-order valence-electron chi connectivity index (χ3n) is 3.15. The molecule has 20 heavy (non-hydrogen) atoms. The molecule has 4 heteroatoms. The van der Waals surface area contributed by atoms with E-state index in [1.54, 1.807) is 7.11 Å². The molecule has 0 aliphatic rings. The van der Waals surface area contributed by atoms with E-state index in [9.17, 15) is 0 Å². The molecule has 1 atom stereocenters. The van der Waals surface area contributed by atoms with Crippen molar-refractivity contribution < 1.29 is 4.74 Å². The highest BCUT2D eigenvalue weighted by Gasteiger charge is 2.07. The molecule has 2 rings (SSSR count). The van der Waals surface area contributed by atoms with E-state index in [1.807, 2.05) is 37.3 Å². The molecule has 1 N–H and O–H groups in total. The minimum Gasteiger partial charge on any atom is -0.497 e. The van der Waals surface area contributed by atoms with Crippen LogP contribution in [0, 0.1) is 6.92 Å². The van der Waals surface area contributed by atoms with Crippen LogP contribution in [0.15, 0.2) is 36.4 Å². The molecule has 0 amide bonds. The Kier molecular flexibility index (Phi) is 4.99. The van der Waals surface area contributed by atoms with Crippen LogP contribution in [0.5, 0.6) is 5.75 Å². The second kappa shape index (κ2) is 6.73. The van der Waals surface area contributed by atoms with Crippen LogP contribution in [0.2, 0.25) is 5.02 Å². The van der Waals surface area contributed by atoms with Crippen molar-refractivity contribution in [1.29, 1.82) is 0 Å². The summed E-state index contributed by atoms with van der Waals surface area (Å²) in [6.45, 7) is 4.76. The number of rotatable bonds is 5. The molecule has 0 spiro atoms. The second-order valence-electron chi connectivity index (χ2n) is 4.80. The Morgan fingerprint density at radius 3 is 2.80 bits per heavy atom. The summed E-state index contributed by atoms with van der Waals surface area (Å²) < 4.78 is 5.26. The maximum Gasteiger partial charge on any atom is 0.122 e. The Morgan fingerprint density at radius 1 is 1.30 bits per heavy atom. The molecule has 0 aliphatic carbocycles. The van der Waals surface area contributed by atoms with Gasteiger partial charge in [0.2, 0.25) is 0 Å². The Morgan fingerprint density at radius 2 is 2.10 bits per heavy atom. The van der Waals surface area contributed by atoms with Crippen molar-refractivity contribution >= 4 is 11.6 Å². The lowest BCUT2D eigenvalue weighted by Crippen LogP contribution is -2.19. The third kappa shape index (κ3) is 3.95. The summed E-state index contributed by atoms with van der Waals surface area (Å²) in [5.74, 6) is 0.838. The lowest BCUT2D eigenvalue weighted by molar-refractivity contribution is 0.412. The van der Waals surface area contributed by atoms with Crippen molar-refractivity contribution in [2.24, 2.45) is 0 Å². The van der Waals surface area contributed by atoms with Crippen molar-refractivity contribution in [2.75, 3.05) is 7.11 Å². The maximum atomic E-state index is 6.01. The van der Waals surface area contributed by atoms with Crippen molar-refractivity contribution in [1.82, 2.24) is 10.3 Å². The molecule has 1 heterocycles. The average Bonchev–Trinajstić information content (AvgIpc) is 2.44. The van der Waals surface area contributed by atoms with Gasteiger partial charge in [-0.15, -0.1) is 0 Å². The van der Waals surface area contributed by atoms with Gasteiger partial charge in [-0.3, -0.25) is 4.98 Å². The zero-order valence-corrected chi connectivity index (χ0v) is 12.7. The maximum absolute atomic E-state index is 6.01. The minimum atomic E-state index is 0.210. The van der Waals surface area contributed by atoms with Gasteiger partial charge in [0.15, 0.2) is 0 Å². The summed E-state index contributed by atoms with van der Waals surface area (Å²) in [6, 6.07) is 12.0. The topological polar surface area (TPSA) is 34.1 Å². The molecule has 0 bridgehead atoms. The highest BCUT2D eigenvalue weighted by Crippen LogP contribution is 2.18. The summed E-state index contributed by atoms with van der Waals surface area (Å²) in [5.41, 5.74) is 3.09. The van der Waals surface area contributed by atoms with E-state index in [0.717, 1.165) is 27.7 Å². The zero-order chi connectivity index (χ0) is 14.5. The molecule has 0 unspecified atom stereocenters. The van der Waals surface area contributed by atoms with Crippen LogP contribution in [-0.4, -0.2) is 12.1 Å². The molecule has 106 valence electrons. The second-order valence-corrected chi connectivity index (χ2v) is 5.23. The SMILES string of the molecule is COc1cc(C)nc(CN[C@@H](C)c2cccc(Cl)c2)c1. The smallest absolute Gasteiger partial charge is 0.122 e. The Hall–Kier alpha value is -1.58. The molecule has 0 saturated carbocycles. The summed E-state index contributed by atoms with van der Waals surface area (Å²) in [6.07, 6.45) is 0. The monoisotopic (exact) mass is 290 g/mol. The Labute approximate surface area is 124 Å². The number of hydrogen-bond acceptors (Lipinski definition) is 3. The van der Waals surface area contributed by atoms with E-state index >= 15 is 0 Å². The third-order valence-corrected chi connectivity index (χ3v) is 3.39. The van der Waals surface area contributed by atoms with Gasteiger partial charge in [0.25, 0.3) is 0 Å². The molecular weight excluding hydrogens is 272 g/mol. The predicted octanol–water partition coefficient (Wildman–Crippen LogP) is 3.90. The van der Waals surface area contributed by atoms with Gasteiger partial charge in [0.1, 0.15) is 5.75 Å². The average molecular weight is 291 g/mol. The molecule has 0 aliphatic heterocycles. The number of halogens is 1. The van der Waals surface area contributed by atoms with Crippen LogP contribution in [0.25, 0.3) is 0 Å². The van der Waals surface area contributed by atoms with Crippen LogP contribution >= 0.6 is 11.6 Å². The van der Waals surface area contributed by atoms with Crippen LogP contribution in [0.1, 0.15) is 29.9 Å². The first-order valence-electron chi connectivity index (χ1n) is 6.59. The van der Waals surface area contributed by atoms with Crippen molar-refractivity contribution in [3.05, 3.63) is 58.4 Å². The molecule has 1 aromatic carbocycles. The van der Waals surface area contributed by atoms with Gasteiger partial charge in [-0.25, -0.2) is 0 Å². The largest absolute Gasteiger partial charge is 0.497 e. The highest BCUT2D eigenvalue weighted by atomic mass is 35.5. The quantitative estimate of drug-likeness (QED) is 0.907. The highest BCUT2D eigenvalue weighted by molar-refractivity contribution is 6.30. The van der Waals surface area contributed by atoms with Crippen molar-refractivity contribution in [3.8, 4) is 5.75 Å². The van der Waals surface area contributed by atoms with Crippen LogP contribution in [0.4, 0.5) is 0 Å². The molecule has 0 saturated heterocycles. The number of ether oxygens (including phenoxy) is 1.